The van der Waals surface area contributed by atoms with Crippen LogP contribution in [0.1, 0.15) is 0 Å². The van der Waals surface area contributed by atoms with Gasteiger partial charge in [-0.3, -0.25) is 40.5 Å². The van der Waals surface area contributed by atoms with Crippen LogP contribution in [0.4, 0.5) is 91.0 Å². The Morgan fingerprint density at radius 1 is 0.222 bits per heavy atom. The van der Waals surface area contributed by atoms with Crippen LogP contribution < -0.4 is 19.6 Å². The maximum absolute atomic E-state index is 12.9. The summed E-state index contributed by atoms with van der Waals surface area (Å²) in [5.41, 5.74) is 8.86. The highest BCUT2D eigenvalue weighted by Crippen LogP contribution is 2.50. The lowest BCUT2D eigenvalue weighted by molar-refractivity contribution is -0.385. The van der Waals surface area contributed by atoms with Crippen molar-refractivity contribution in [1.82, 2.24) is 4.57 Å². The van der Waals surface area contributed by atoms with Crippen molar-refractivity contribution in [3.8, 4) is 5.69 Å². The first-order chi connectivity index (χ1) is 48.4. The minimum absolute atomic E-state index is 0.101. The van der Waals surface area contributed by atoms with Crippen molar-refractivity contribution >= 4 is 156 Å². The van der Waals surface area contributed by atoms with Crippen LogP contribution in [0.5, 0.6) is 0 Å². The van der Waals surface area contributed by atoms with Crippen molar-refractivity contribution in [2.45, 2.75) is 0 Å². The molecule has 0 atom stereocenters. The molecule has 0 aliphatic carbocycles. The number of non-ortho nitro benzene ring substituents is 4. The summed E-state index contributed by atoms with van der Waals surface area (Å²) in [4.78, 5) is 57.5. The SMILES string of the molecule is O=[N+]([O-])c1cccc(N(c2cc(N(c3cccc([N+](=O)[O-])c3)c3cccc4ccccc34)cc(-n3c4ccc(N(c5cccc([N+](=O)[O-])c5)c5cccc6ccccc56)cc4c4cc(N(c5cccc([N+](=O)[O-])c5)c5cccc6ccccc56)ccc43)c2)c2cccc3ccccc23)c1. The molecule has 0 saturated carbocycles. The van der Waals surface area contributed by atoms with Gasteiger partial charge in [0.2, 0.25) is 0 Å². The second-order valence-corrected chi connectivity index (χ2v) is 23.9. The first-order valence-corrected chi connectivity index (χ1v) is 31.7. The molecule has 0 bridgehead atoms. The van der Waals surface area contributed by atoms with Gasteiger partial charge in [-0.1, -0.05) is 170 Å². The molecule has 0 fully saturated rings. The lowest BCUT2D eigenvalue weighted by atomic mass is 10.0. The molecule has 16 aromatic rings. The van der Waals surface area contributed by atoms with E-state index in [1.54, 1.807) is 48.5 Å². The summed E-state index contributed by atoms with van der Waals surface area (Å²) in [6, 6.07) is 100. The Labute approximate surface area is 564 Å². The topological polar surface area (TPSA) is 190 Å². The van der Waals surface area contributed by atoms with Gasteiger partial charge in [-0.15, -0.1) is 0 Å². The highest BCUT2D eigenvalue weighted by Gasteiger charge is 2.28. The molecule has 99 heavy (non-hydrogen) atoms. The zero-order valence-electron chi connectivity index (χ0n) is 52.4. The minimum atomic E-state index is -0.418. The van der Waals surface area contributed by atoms with E-state index in [4.69, 9.17) is 0 Å². The monoisotopic (exact) mass is 1290 g/mol. The van der Waals surface area contributed by atoms with E-state index in [0.29, 0.717) is 73.6 Å². The normalized spacial score (nSPS) is 11.4. The Hall–Kier alpha value is -14.1. The third-order valence-electron chi connectivity index (χ3n) is 18.1. The van der Waals surface area contributed by atoms with Crippen molar-refractivity contribution in [3.05, 3.63) is 362 Å². The highest BCUT2D eigenvalue weighted by atomic mass is 16.6. The third kappa shape index (κ3) is 10.8. The fourth-order valence-electron chi connectivity index (χ4n) is 13.8. The number of nitro groups is 4. The molecule has 0 aliphatic heterocycles. The summed E-state index contributed by atoms with van der Waals surface area (Å²) in [6.07, 6.45) is 0. The molecular weight excluding hydrogens is 1240 g/mol. The molecule has 0 N–H and O–H groups in total. The lowest BCUT2D eigenvalue weighted by Gasteiger charge is -2.31. The predicted octanol–water partition coefficient (Wildman–Crippen LogP) is 22.9. The zero-order valence-corrected chi connectivity index (χ0v) is 52.4. The van der Waals surface area contributed by atoms with Gasteiger partial charge >= 0.3 is 0 Å². The van der Waals surface area contributed by atoms with Gasteiger partial charge in [0.25, 0.3) is 22.7 Å². The van der Waals surface area contributed by atoms with E-state index in [-0.39, 0.29) is 22.7 Å². The van der Waals surface area contributed by atoms with E-state index in [2.05, 4.69) is 16.7 Å². The largest absolute Gasteiger partial charge is 0.310 e. The average molecular weight is 1290 g/mol. The molecule has 1 heterocycles. The number of rotatable bonds is 17. The van der Waals surface area contributed by atoms with E-state index < -0.39 is 19.7 Å². The van der Waals surface area contributed by atoms with Crippen LogP contribution in [0.25, 0.3) is 70.6 Å². The van der Waals surface area contributed by atoms with Crippen molar-refractivity contribution in [2.75, 3.05) is 19.6 Å². The van der Waals surface area contributed by atoms with Crippen LogP contribution in [0.2, 0.25) is 0 Å². The van der Waals surface area contributed by atoms with Gasteiger partial charge in [0.05, 0.1) is 93.3 Å². The fraction of sp³-hybridized carbons (Fsp3) is 0. The van der Waals surface area contributed by atoms with Gasteiger partial charge in [-0.2, -0.15) is 0 Å². The molecule has 15 aromatic carbocycles. The Bertz CT molecular complexity index is 5620. The van der Waals surface area contributed by atoms with Gasteiger partial charge in [0.1, 0.15) is 0 Å². The number of benzene rings is 15. The van der Waals surface area contributed by atoms with Crippen LogP contribution in [0, 0.1) is 40.5 Å². The average Bonchev–Trinajstić information content (AvgIpc) is 1.57. The van der Waals surface area contributed by atoms with Crippen LogP contribution in [0.3, 0.4) is 0 Å². The van der Waals surface area contributed by atoms with Crippen LogP contribution in [-0.4, -0.2) is 24.3 Å². The smallest absolute Gasteiger partial charge is 0.271 e. The van der Waals surface area contributed by atoms with Crippen molar-refractivity contribution < 1.29 is 19.7 Å². The minimum Gasteiger partial charge on any atom is -0.310 e. The molecular formula is C82H53N9O8. The van der Waals surface area contributed by atoms with Crippen molar-refractivity contribution in [1.29, 1.82) is 0 Å². The van der Waals surface area contributed by atoms with E-state index in [9.17, 15) is 40.5 Å². The molecule has 0 amide bonds. The van der Waals surface area contributed by atoms with E-state index in [1.807, 2.05) is 256 Å². The zero-order chi connectivity index (χ0) is 67.4. The Kier molecular flexibility index (Phi) is 14.9. The summed E-state index contributed by atoms with van der Waals surface area (Å²) >= 11 is 0. The van der Waals surface area contributed by atoms with Gasteiger partial charge in [-0.25, -0.2) is 0 Å². The highest BCUT2D eigenvalue weighted by molar-refractivity contribution is 6.14. The number of hydrogen-bond acceptors (Lipinski definition) is 12. The summed E-state index contributed by atoms with van der Waals surface area (Å²) in [7, 11) is 0. The molecule has 0 spiro atoms. The predicted molar refractivity (Wildman–Crippen MR) is 396 cm³/mol. The number of anilines is 12. The molecule has 0 radical (unpaired) electrons. The maximum Gasteiger partial charge on any atom is 0.271 e. The second-order valence-electron chi connectivity index (χ2n) is 23.9. The van der Waals surface area contributed by atoms with E-state index in [1.165, 1.54) is 24.3 Å². The fourth-order valence-corrected chi connectivity index (χ4v) is 13.8. The first-order valence-electron chi connectivity index (χ1n) is 31.7. The van der Waals surface area contributed by atoms with Gasteiger partial charge in [0.15, 0.2) is 0 Å². The molecule has 16 rings (SSSR count). The quantitative estimate of drug-likeness (QED) is 0.0620. The van der Waals surface area contributed by atoms with Crippen molar-refractivity contribution in [2.24, 2.45) is 0 Å². The Morgan fingerprint density at radius 3 is 0.768 bits per heavy atom. The summed E-state index contributed by atoms with van der Waals surface area (Å²) < 4.78 is 2.15. The number of nitrogens with zero attached hydrogens (tertiary/aromatic N) is 9. The number of aromatic nitrogens is 1. The van der Waals surface area contributed by atoms with Gasteiger partial charge in [-0.05, 0) is 125 Å². The molecule has 0 aliphatic rings. The molecule has 17 heteroatoms. The van der Waals surface area contributed by atoms with Crippen molar-refractivity contribution in [3.63, 3.8) is 0 Å². The van der Waals surface area contributed by atoms with E-state index >= 15 is 0 Å². The molecule has 0 unspecified atom stereocenters. The van der Waals surface area contributed by atoms with Gasteiger partial charge in [0, 0.05) is 92.2 Å². The first kappa shape index (κ1) is 59.9. The summed E-state index contributed by atoms with van der Waals surface area (Å²) in [5, 5.41) is 59.8. The molecule has 0 saturated heterocycles. The Balaban J connectivity index is 1.04. The van der Waals surface area contributed by atoms with E-state index in [0.717, 1.165) is 65.2 Å². The standard InChI is InChI=1S/C82H53N9O8/c92-88(93)64-29-13-25-58(45-64)83(77-37-9-21-54-17-1-5-33-71(54)77)62-41-43-81-75(52-62)76-53-63(84(59-26-14-30-65(46-59)89(94)95)78-38-10-22-55-18-2-6-34-72(55)78)42-44-82(76)87(81)70-50-68(85(60-27-15-31-66(47-60)90(96)97)79-39-11-23-56-19-3-7-35-73(56)79)49-69(51-70)86(61-28-16-32-67(48-61)91(98)99)80-40-12-24-57-20-4-8-36-74(57)80/h1-53H. The van der Waals surface area contributed by atoms with Crippen LogP contribution in [0.15, 0.2) is 322 Å². The van der Waals surface area contributed by atoms with Gasteiger partial charge < -0.3 is 24.2 Å². The van der Waals surface area contributed by atoms with Crippen LogP contribution >= 0.6 is 0 Å². The Morgan fingerprint density at radius 2 is 0.475 bits per heavy atom. The summed E-state index contributed by atoms with van der Waals surface area (Å²) in [6.45, 7) is 0. The molecule has 1 aromatic heterocycles. The maximum atomic E-state index is 12.9. The number of nitro benzene ring substituents is 4. The van der Waals surface area contributed by atoms with Crippen LogP contribution in [-0.2, 0) is 0 Å². The summed E-state index contributed by atoms with van der Waals surface area (Å²) in [5.74, 6) is 0. The number of hydrogen-bond donors (Lipinski definition) is 0. The molecule has 474 valence electrons. The third-order valence-corrected chi connectivity index (χ3v) is 18.1. The molecule has 17 nitrogen and oxygen atoms in total. The second kappa shape index (κ2) is 24.7. The lowest BCUT2D eigenvalue weighted by Crippen LogP contribution is -2.15. The number of fused-ring (bicyclic) bond motifs is 7.